The van der Waals surface area contributed by atoms with E-state index in [4.69, 9.17) is 22.2 Å². The van der Waals surface area contributed by atoms with Gasteiger partial charge in [-0.25, -0.2) is 4.79 Å². The van der Waals surface area contributed by atoms with Gasteiger partial charge in [-0.1, -0.05) is 17.7 Å². The number of hydrogen-bond acceptors (Lipinski definition) is 4. The molecule has 0 unspecified atom stereocenters. The zero-order valence-corrected chi connectivity index (χ0v) is 8.47. The van der Waals surface area contributed by atoms with Crippen LogP contribution in [-0.4, -0.2) is 12.6 Å². The predicted molar refractivity (Wildman–Crippen MR) is 55.2 cm³/mol. The molecule has 1 rings (SSSR count). The van der Waals surface area contributed by atoms with Gasteiger partial charge < -0.3 is 10.2 Å². The number of halogens is 1. The number of nitrogen functional groups attached to an aromatic ring is 1. The number of esters is 1. The summed E-state index contributed by atoms with van der Waals surface area (Å²) in [5.41, 5.74) is 3.09. The van der Waals surface area contributed by atoms with Gasteiger partial charge >= 0.3 is 5.97 Å². The van der Waals surface area contributed by atoms with Gasteiger partial charge in [0.15, 0.2) is 0 Å². The molecule has 0 bridgehead atoms. The van der Waals surface area contributed by atoms with Gasteiger partial charge in [0.25, 0.3) is 0 Å². The number of nitrogens with two attached hydrogens (primary N) is 1. The van der Waals surface area contributed by atoms with Crippen LogP contribution in [0.5, 0.6) is 0 Å². The Morgan fingerprint density at radius 1 is 1.64 bits per heavy atom. The summed E-state index contributed by atoms with van der Waals surface area (Å²) < 4.78 is 4.83. The van der Waals surface area contributed by atoms with Gasteiger partial charge in [0.05, 0.1) is 22.9 Å². The maximum Gasteiger partial charge on any atom is 0.340 e. The molecule has 4 nitrogen and oxygen atoms in total. The highest BCUT2D eigenvalue weighted by atomic mass is 35.5. The van der Waals surface area contributed by atoms with Gasteiger partial charge in [0.2, 0.25) is 0 Å². The Morgan fingerprint density at radius 2 is 2.36 bits per heavy atom. The number of rotatable bonds is 3. The zero-order valence-electron chi connectivity index (χ0n) is 7.71. The van der Waals surface area contributed by atoms with E-state index >= 15 is 0 Å². The number of hydrogen-bond donors (Lipinski definition) is 2. The molecule has 76 valence electrons. The molecular weight excluding hydrogens is 204 g/mol. The Kier molecular flexibility index (Phi) is 3.73. The fourth-order valence-electron chi connectivity index (χ4n) is 1.05. The number of para-hydroxylation sites is 1. The quantitative estimate of drug-likeness (QED) is 0.458. The Balaban J connectivity index is 3.07. The smallest absolute Gasteiger partial charge is 0.340 e. The van der Waals surface area contributed by atoms with Crippen molar-refractivity contribution in [2.24, 2.45) is 5.84 Å². The standard InChI is InChI=1S/C9H11ClN2O2/c1-2-14-9(13)6-4-3-5-7(10)8(6)12-11/h3-5,12H,2,11H2,1H3. The third kappa shape index (κ3) is 2.16. The lowest BCUT2D eigenvalue weighted by atomic mass is 10.2. The second kappa shape index (κ2) is 4.83. The number of ether oxygens (including phenoxy) is 1. The summed E-state index contributed by atoms with van der Waals surface area (Å²) in [6, 6.07) is 4.90. The number of benzene rings is 1. The van der Waals surface area contributed by atoms with Crippen molar-refractivity contribution in [3.05, 3.63) is 28.8 Å². The maximum atomic E-state index is 11.4. The molecule has 0 saturated heterocycles. The average Bonchev–Trinajstić information content (AvgIpc) is 2.17. The van der Waals surface area contributed by atoms with Gasteiger partial charge in [-0.2, -0.15) is 0 Å². The van der Waals surface area contributed by atoms with Crippen molar-refractivity contribution < 1.29 is 9.53 Å². The lowest BCUT2D eigenvalue weighted by molar-refractivity contribution is 0.0527. The van der Waals surface area contributed by atoms with Crippen molar-refractivity contribution in [1.82, 2.24) is 0 Å². The molecule has 3 N–H and O–H groups in total. The van der Waals surface area contributed by atoms with E-state index in [1.54, 1.807) is 25.1 Å². The summed E-state index contributed by atoms with van der Waals surface area (Å²) in [6.45, 7) is 2.05. The molecule has 0 heterocycles. The topological polar surface area (TPSA) is 64.3 Å². The third-order valence-corrected chi connectivity index (χ3v) is 1.97. The number of carbonyl (C=O) groups is 1. The van der Waals surface area contributed by atoms with E-state index in [0.717, 1.165) is 0 Å². The molecule has 0 aliphatic heterocycles. The van der Waals surface area contributed by atoms with E-state index in [1.807, 2.05) is 0 Å². The normalized spacial score (nSPS) is 9.64. The minimum atomic E-state index is -0.442. The van der Waals surface area contributed by atoms with Crippen molar-refractivity contribution in [1.29, 1.82) is 0 Å². The van der Waals surface area contributed by atoms with Crippen LogP contribution in [0, 0.1) is 0 Å². The Hall–Kier alpha value is -1.26. The second-order valence-corrected chi connectivity index (χ2v) is 2.93. The SMILES string of the molecule is CCOC(=O)c1cccc(Cl)c1NN. The molecule has 0 radical (unpaired) electrons. The Labute approximate surface area is 87.0 Å². The Bertz CT molecular complexity index is 342. The van der Waals surface area contributed by atoms with Crippen LogP contribution >= 0.6 is 11.6 Å². The first-order chi connectivity index (χ1) is 6.70. The first-order valence-electron chi connectivity index (χ1n) is 4.13. The van der Waals surface area contributed by atoms with E-state index in [9.17, 15) is 4.79 Å². The van der Waals surface area contributed by atoms with Gasteiger partial charge in [-0.15, -0.1) is 0 Å². The molecule has 0 spiro atoms. The molecule has 0 amide bonds. The number of anilines is 1. The van der Waals surface area contributed by atoms with E-state index < -0.39 is 5.97 Å². The van der Waals surface area contributed by atoms with E-state index in [2.05, 4.69) is 5.43 Å². The van der Waals surface area contributed by atoms with Gasteiger partial charge in [0, 0.05) is 0 Å². The van der Waals surface area contributed by atoms with Crippen molar-refractivity contribution in [2.45, 2.75) is 6.92 Å². The largest absolute Gasteiger partial charge is 0.462 e. The van der Waals surface area contributed by atoms with Crippen LogP contribution in [-0.2, 0) is 4.74 Å². The first kappa shape index (κ1) is 10.8. The van der Waals surface area contributed by atoms with Crippen LogP contribution in [0.1, 0.15) is 17.3 Å². The molecule has 1 aromatic carbocycles. The summed E-state index contributed by atoms with van der Waals surface area (Å²) in [5, 5.41) is 0.387. The summed E-state index contributed by atoms with van der Waals surface area (Å²) in [4.78, 5) is 11.4. The Morgan fingerprint density at radius 3 is 2.93 bits per heavy atom. The summed E-state index contributed by atoms with van der Waals surface area (Å²) in [7, 11) is 0. The molecule has 14 heavy (non-hydrogen) atoms. The highest BCUT2D eigenvalue weighted by Crippen LogP contribution is 2.25. The minimum absolute atomic E-state index is 0.315. The monoisotopic (exact) mass is 214 g/mol. The minimum Gasteiger partial charge on any atom is -0.462 e. The maximum absolute atomic E-state index is 11.4. The van der Waals surface area contributed by atoms with Crippen LogP contribution in [0.4, 0.5) is 5.69 Å². The lowest BCUT2D eigenvalue weighted by Gasteiger charge is -2.09. The first-order valence-corrected chi connectivity index (χ1v) is 4.50. The number of carbonyl (C=O) groups excluding carboxylic acids is 1. The van der Waals surface area contributed by atoms with Crippen LogP contribution < -0.4 is 11.3 Å². The molecular formula is C9H11ClN2O2. The zero-order chi connectivity index (χ0) is 10.6. The second-order valence-electron chi connectivity index (χ2n) is 2.53. The van der Waals surface area contributed by atoms with Crippen LogP contribution in [0.25, 0.3) is 0 Å². The number of hydrazine groups is 1. The summed E-state index contributed by atoms with van der Waals surface area (Å²) in [6.07, 6.45) is 0. The molecule has 0 saturated carbocycles. The molecule has 0 fully saturated rings. The van der Waals surface area contributed by atoms with Crippen molar-refractivity contribution in [2.75, 3.05) is 12.0 Å². The van der Waals surface area contributed by atoms with Gasteiger partial charge in [-0.05, 0) is 19.1 Å². The summed E-state index contributed by atoms with van der Waals surface area (Å²) >= 11 is 5.82. The highest BCUT2D eigenvalue weighted by molar-refractivity contribution is 6.34. The predicted octanol–water partition coefficient (Wildman–Crippen LogP) is 1.80. The fraction of sp³-hybridized carbons (Fsp3) is 0.222. The van der Waals surface area contributed by atoms with E-state index in [1.165, 1.54) is 0 Å². The molecule has 0 atom stereocenters. The lowest BCUT2D eigenvalue weighted by Crippen LogP contribution is -2.14. The van der Waals surface area contributed by atoms with Crippen LogP contribution in [0.2, 0.25) is 5.02 Å². The average molecular weight is 215 g/mol. The molecule has 0 aliphatic rings. The van der Waals surface area contributed by atoms with E-state index in [0.29, 0.717) is 22.9 Å². The fourth-order valence-corrected chi connectivity index (χ4v) is 1.28. The third-order valence-electron chi connectivity index (χ3n) is 1.65. The number of nitrogens with one attached hydrogen (secondary N) is 1. The highest BCUT2D eigenvalue weighted by Gasteiger charge is 2.13. The molecule has 0 aliphatic carbocycles. The molecule has 0 aromatic heterocycles. The molecule has 1 aromatic rings. The van der Waals surface area contributed by atoms with E-state index in [-0.39, 0.29) is 0 Å². The van der Waals surface area contributed by atoms with Crippen LogP contribution in [0.15, 0.2) is 18.2 Å². The van der Waals surface area contributed by atoms with Crippen molar-refractivity contribution in [3.63, 3.8) is 0 Å². The molecule has 5 heteroatoms. The van der Waals surface area contributed by atoms with Gasteiger partial charge in [-0.3, -0.25) is 5.84 Å². The summed E-state index contributed by atoms with van der Waals surface area (Å²) in [5.74, 6) is 4.80. The van der Waals surface area contributed by atoms with Crippen molar-refractivity contribution >= 4 is 23.3 Å². The van der Waals surface area contributed by atoms with Crippen LogP contribution in [0.3, 0.4) is 0 Å². The van der Waals surface area contributed by atoms with Crippen molar-refractivity contribution in [3.8, 4) is 0 Å². The van der Waals surface area contributed by atoms with Gasteiger partial charge in [0.1, 0.15) is 0 Å².